The summed E-state index contributed by atoms with van der Waals surface area (Å²) in [6, 6.07) is 15.3. The number of rotatable bonds is 7. The molecule has 1 aliphatic rings. The van der Waals surface area contributed by atoms with Crippen LogP contribution >= 0.6 is 0 Å². The van der Waals surface area contributed by atoms with Gasteiger partial charge in [-0.2, -0.15) is 0 Å². The van der Waals surface area contributed by atoms with Crippen LogP contribution in [0.5, 0.6) is 0 Å². The normalized spacial score (nSPS) is 14.0. The predicted octanol–water partition coefficient (Wildman–Crippen LogP) is 4.42. The Balaban J connectivity index is 1.42. The molecule has 3 aromatic rings. The zero-order chi connectivity index (χ0) is 24.1. The molecular formula is C26H30N4O3S. The number of carbonyl (C=O) groups excluding carboxylic acids is 1. The Hall–Kier alpha value is -3.39. The highest BCUT2D eigenvalue weighted by atomic mass is 32.2. The van der Waals surface area contributed by atoms with Gasteiger partial charge in [-0.15, -0.1) is 0 Å². The highest BCUT2D eigenvalue weighted by Gasteiger charge is 2.18. The highest BCUT2D eigenvalue weighted by Crippen LogP contribution is 2.23. The molecule has 0 radical (unpaired) electrons. The van der Waals surface area contributed by atoms with E-state index in [1.807, 2.05) is 38.1 Å². The second kappa shape index (κ2) is 10.3. The second-order valence-electron chi connectivity index (χ2n) is 8.59. The summed E-state index contributed by atoms with van der Waals surface area (Å²) < 4.78 is 28.3. The zero-order valence-electron chi connectivity index (χ0n) is 19.5. The van der Waals surface area contributed by atoms with Gasteiger partial charge in [0.15, 0.2) is 0 Å². The molecule has 1 amide bonds. The Morgan fingerprint density at radius 3 is 2.44 bits per heavy atom. The van der Waals surface area contributed by atoms with Crippen molar-refractivity contribution in [1.29, 1.82) is 0 Å². The van der Waals surface area contributed by atoms with Crippen LogP contribution in [0.1, 0.15) is 46.3 Å². The Kier molecular flexibility index (Phi) is 7.17. The molecule has 7 nitrogen and oxygen atoms in total. The van der Waals surface area contributed by atoms with Gasteiger partial charge in [0.05, 0.1) is 10.6 Å². The number of aromatic nitrogens is 1. The van der Waals surface area contributed by atoms with E-state index in [9.17, 15) is 13.2 Å². The van der Waals surface area contributed by atoms with Gasteiger partial charge in [-0.3, -0.25) is 9.52 Å². The number of piperidine rings is 1. The largest absolute Gasteiger partial charge is 0.356 e. The van der Waals surface area contributed by atoms with Gasteiger partial charge >= 0.3 is 0 Å². The first-order valence-electron chi connectivity index (χ1n) is 11.5. The van der Waals surface area contributed by atoms with Crippen LogP contribution in [0.15, 0.2) is 65.7 Å². The molecule has 1 aliphatic heterocycles. The van der Waals surface area contributed by atoms with Gasteiger partial charge in [-0.25, -0.2) is 13.4 Å². The van der Waals surface area contributed by atoms with Crippen LogP contribution in [-0.4, -0.2) is 32.4 Å². The van der Waals surface area contributed by atoms with Gasteiger partial charge in [0.2, 0.25) is 0 Å². The maximum atomic E-state index is 12.8. The fraction of sp³-hybridized carbons (Fsp3) is 0.308. The number of nitrogens with one attached hydrogen (secondary N) is 2. The van der Waals surface area contributed by atoms with Crippen LogP contribution in [0.3, 0.4) is 0 Å². The Morgan fingerprint density at radius 1 is 0.971 bits per heavy atom. The lowest BCUT2D eigenvalue weighted by Gasteiger charge is -2.29. The van der Waals surface area contributed by atoms with Gasteiger partial charge in [0.1, 0.15) is 5.82 Å². The van der Waals surface area contributed by atoms with Crippen LogP contribution in [0, 0.1) is 13.8 Å². The Morgan fingerprint density at radius 2 is 1.71 bits per heavy atom. The molecule has 178 valence electrons. The minimum Gasteiger partial charge on any atom is -0.356 e. The Bertz CT molecular complexity index is 1270. The lowest BCUT2D eigenvalue weighted by molar-refractivity contribution is 0.0951. The summed E-state index contributed by atoms with van der Waals surface area (Å²) >= 11 is 0. The maximum Gasteiger partial charge on any atom is 0.261 e. The first kappa shape index (κ1) is 23.8. The van der Waals surface area contributed by atoms with Crippen LogP contribution < -0.4 is 14.9 Å². The van der Waals surface area contributed by atoms with E-state index in [0.29, 0.717) is 17.8 Å². The molecule has 1 aromatic heterocycles. The topological polar surface area (TPSA) is 91.4 Å². The summed E-state index contributed by atoms with van der Waals surface area (Å²) in [7, 11) is -3.76. The molecule has 2 N–H and O–H groups in total. The van der Waals surface area contributed by atoms with E-state index in [0.717, 1.165) is 48.4 Å². The number of hydrogen-bond acceptors (Lipinski definition) is 5. The van der Waals surface area contributed by atoms with E-state index in [-0.39, 0.29) is 10.8 Å². The lowest BCUT2D eigenvalue weighted by Crippen LogP contribution is -2.32. The molecule has 1 saturated heterocycles. The minimum absolute atomic E-state index is 0.101. The van der Waals surface area contributed by atoms with Gasteiger partial charge in [-0.05, 0) is 80.6 Å². The maximum absolute atomic E-state index is 12.8. The van der Waals surface area contributed by atoms with Crippen molar-refractivity contribution in [1.82, 2.24) is 10.3 Å². The summed E-state index contributed by atoms with van der Waals surface area (Å²) in [5.41, 5.74) is 3.79. The molecule has 0 saturated carbocycles. The van der Waals surface area contributed by atoms with Crippen LogP contribution in [0.25, 0.3) is 0 Å². The van der Waals surface area contributed by atoms with Crippen molar-refractivity contribution in [2.45, 2.75) is 44.6 Å². The summed E-state index contributed by atoms with van der Waals surface area (Å²) in [5, 5.41) is 2.94. The van der Waals surface area contributed by atoms with E-state index in [1.54, 1.807) is 12.3 Å². The molecule has 1 fully saturated rings. The summed E-state index contributed by atoms with van der Waals surface area (Å²) in [6.45, 7) is 6.11. The van der Waals surface area contributed by atoms with Crippen molar-refractivity contribution in [2.24, 2.45) is 0 Å². The van der Waals surface area contributed by atoms with Gasteiger partial charge < -0.3 is 10.2 Å². The van der Waals surface area contributed by atoms with Crippen LogP contribution in [0.2, 0.25) is 0 Å². The number of benzene rings is 2. The third-order valence-corrected chi connectivity index (χ3v) is 7.62. The molecule has 0 aliphatic carbocycles. The molecule has 8 heteroatoms. The highest BCUT2D eigenvalue weighted by molar-refractivity contribution is 7.92. The molecule has 0 atom stereocenters. The summed E-state index contributed by atoms with van der Waals surface area (Å²) in [5.74, 6) is 0.654. The second-order valence-corrected chi connectivity index (χ2v) is 10.3. The lowest BCUT2D eigenvalue weighted by atomic mass is 10.1. The molecular weight excluding hydrogens is 448 g/mol. The molecule has 0 unspecified atom stereocenters. The van der Waals surface area contributed by atoms with E-state index in [4.69, 9.17) is 0 Å². The fourth-order valence-electron chi connectivity index (χ4n) is 4.09. The van der Waals surface area contributed by atoms with Gasteiger partial charge in [0.25, 0.3) is 15.9 Å². The quantitative estimate of drug-likeness (QED) is 0.525. The third-order valence-electron chi connectivity index (χ3n) is 6.24. The fourth-order valence-corrected chi connectivity index (χ4v) is 5.21. The average molecular weight is 479 g/mol. The van der Waals surface area contributed by atoms with E-state index in [2.05, 4.69) is 19.9 Å². The molecule has 34 heavy (non-hydrogen) atoms. The van der Waals surface area contributed by atoms with Crippen molar-refractivity contribution in [3.05, 3.63) is 83.0 Å². The summed E-state index contributed by atoms with van der Waals surface area (Å²) in [6.07, 6.45) is 5.31. The minimum atomic E-state index is -3.76. The number of sulfonamides is 1. The monoisotopic (exact) mass is 478 g/mol. The molecule has 4 rings (SSSR count). The number of nitrogens with zero attached hydrogens (tertiary/aromatic N) is 2. The van der Waals surface area contributed by atoms with Gasteiger partial charge in [0, 0.05) is 37.0 Å². The van der Waals surface area contributed by atoms with Crippen molar-refractivity contribution in [2.75, 3.05) is 22.7 Å². The van der Waals surface area contributed by atoms with Crippen LogP contribution in [0.4, 0.5) is 11.5 Å². The molecule has 0 spiro atoms. The smallest absolute Gasteiger partial charge is 0.261 e. The molecule has 0 bridgehead atoms. The van der Waals surface area contributed by atoms with E-state index in [1.165, 1.54) is 30.7 Å². The van der Waals surface area contributed by atoms with E-state index < -0.39 is 10.0 Å². The first-order chi connectivity index (χ1) is 16.3. The number of amides is 1. The van der Waals surface area contributed by atoms with E-state index >= 15 is 0 Å². The molecule has 2 heterocycles. The number of aryl methyl sites for hydroxylation is 1. The average Bonchev–Trinajstić information content (AvgIpc) is 2.86. The van der Waals surface area contributed by atoms with Crippen molar-refractivity contribution in [3.63, 3.8) is 0 Å². The van der Waals surface area contributed by atoms with Gasteiger partial charge in [-0.1, -0.05) is 18.2 Å². The van der Waals surface area contributed by atoms with Crippen molar-refractivity contribution < 1.29 is 13.2 Å². The number of hydrogen-bond donors (Lipinski definition) is 2. The third kappa shape index (κ3) is 5.39. The number of anilines is 2. The van der Waals surface area contributed by atoms with Crippen molar-refractivity contribution in [3.8, 4) is 0 Å². The number of pyridine rings is 1. The molecule has 2 aromatic carbocycles. The standard InChI is InChI=1S/C26H30N4O3S/c1-19-8-6-10-24(20(19)2)29-34(32,33)23-13-11-21(12-14-23)26(31)28-18-22-9-7-15-27-25(22)30-16-4-3-5-17-30/h6-15,29H,3-5,16-18H2,1-2H3,(H,28,31). The first-order valence-corrected chi connectivity index (χ1v) is 13.0. The van der Waals surface area contributed by atoms with Crippen molar-refractivity contribution >= 4 is 27.4 Å². The number of carbonyl (C=O) groups is 1. The summed E-state index contributed by atoms with van der Waals surface area (Å²) in [4.78, 5) is 19.6. The van der Waals surface area contributed by atoms with Crippen LogP contribution in [-0.2, 0) is 16.6 Å². The Labute approximate surface area is 201 Å². The predicted molar refractivity (Wildman–Crippen MR) is 135 cm³/mol. The zero-order valence-corrected chi connectivity index (χ0v) is 20.4. The SMILES string of the molecule is Cc1cccc(NS(=O)(=O)c2ccc(C(=O)NCc3cccnc3N3CCCCC3)cc2)c1C.